The zero-order valence-electron chi connectivity index (χ0n) is 24.8. The molecule has 0 bridgehead atoms. The normalized spacial score (nSPS) is 50.8. The number of methoxy groups -OCH3 is 1. The Balaban J connectivity index is 1.12. The minimum atomic E-state index is -3.88. The first-order valence-electron chi connectivity index (χ1n) is 15.5. The number of aliphatic hydroxyl groups is 4. The Bertz CT molecular complexity index is 1210. The zero-order chi connectivity index (χ0) is 30.2. The number of carbonyl (C=O) groups is 1. The Hall–Kier alpha value is -1.12. The third-order valence-corrected chi connectivity index (χ3v) is 14.1. The summed E-state index contributed by atoms with van der Waals surface area (Å²) in [6, 6.07) is -0.251. The summed E-state index contributed by atoms with van der Waals surface area (Å²) in [5, 5.41) is 42.9. The largest absolute Gasteiger partial charge is 0.458 e. The Labute approximate surface area is 248 Å². The van der Waals surface area contributed by atoms with Crippen molar-refractivity contribution in [1.82, 2.24) is 4.72 Å². The number of fused-ring (bicyclic) bond motifs is 5. The minimum Gasteiger partial charge on any atom is -0.458 e. The van der Waals surface area contributed by atoms with Crippen LogP contribution in [0.15, 0.2) is 11.6 Å². The summed E-state index contributed by atoms with van der Waals surface area (Å²) >= 11 is 0. The maximum Gasteiger partial charge on any atom is 0.331 e. The van der Waals surface area contributed by atoms with Crippen LogP contribution in [0.25, 0.3) is 0 Å². The molecule has 6 rings (SSSR count). The van der Waals surface area contributed by atoms with Crippen LogP contribution in [-0.4, -0.2) is 96.6 Å². The van der Waals surface area contributed by atoms with Gasteiger partial charge < -0.3 is 34.6 Å². The van der Waals surface area contributed by atoms with Gasteiger partial charge in [0.2, 0.25) is 10.0 Å². The molecule has 0 aromatic carbocycles. The highest BCUT2D eigenvalue weighted by Crippen LogP contribution is 2.69. The first-order chi connectivity index (χ1) is 19.7. The molecule has 2 aliphatic heterocycles. The number of hydrogen-bond acceptors (Lipinski definition) is 10. The van der Waals surface area contributed by atoms with E-state index in [-0.39, 0.29) is 34.7 Å². The van der Waals surface area contributed by atoms with Crippen LogP contribution in [0.5, 0.6) is 0 Å². The fourth-order valence-corrected chi connectivity index (χ4v) is 11.8. The van der Waals surface area contributed by atoms with Crippen LogP contribution >= 0.6 is 0 Å². The van der Waals surface area contributed by atoms with E-state index in [1.54, 1.807) is 6.08 Å². The Morgan fingerprint density at radius 1 is 1.00 bits per heavy atom. The van der Waals surface area contributed by atoms with Crippen molar-refractivity contribution in [3.05, 3.63) is 11.6 Å². The topological polar surface area (TPSA) is 172 Å². The molecule has 0 radical (unpaired) electrons. The number of cyclic esters (lactones) is 1. The lowest BCUT2D eigenvalue weighted by Crippen LogP contribution is -2.63. The second-order valence-electron chi connectivity index (χ2n) is 14.4. The van der Waals surface area contributed by atoms with Gasteiger partial charge in [0.05, 0.1) is 11.4 Å². The molecule has 1 saturated heterocycles. The summed E-state index contributed by atoms with van der Waals surface area (Å²) < 4.78 is 44.9. The fraction of sp³-hybridized carbons (Fsp3) is 0.900. The summed E-state index contributed by atoms with van der Waals surface area (Å²) in [5.74, 6) is 0.165. The molecular weight excluding hydrogens is 566 g/mol. The van der Waals surface area contributed by atoms with E-state index in [2.05, 4.69) is 18.6 Å². The standard InChI is InChI=1S/C30H47NO10S/c1-28-9-6-18(31-42(37,38)15-22-24(33)25(34)26(35)27(39-3)41-22)13-17(28)4-5-21-20(28)7-10-29(2)19(8-11-30(21,29)36)16-12-23(32)40-14-16/h12,17-22,24-27,31,33-36H,4-11,13-15H2,1-3H3/t17-,18+,19-,20+,21+,22-,24+,25-,26+,27-,28+,29-,30+/m1/s1. The minimum absolute atomic E-state index is 0.000315. The van der Waals surface area contributed by atoms with Crippen LogP contribution in [-0.2, 0) is 29.0 Å². The Morgan fingerprint density at radius 2 is 1.76 bits per heavy atom. The molecule has 12 heteroatoms. The van der Waals surface area contributed by atoms with Gasteiger partial charge in [0.1, 0.15) is 31.0 Å². The van der Waals surface area contributed by atoms with Crippen molar-refractivity contribution in [1.29, 1.82) is 0 Å². The molecular formula is C30H47NO10S. The highest BCUT2D eigenvalue weighted by molar-refractivity contribution is 7.89. The summed E-state index contributed by atoms with van der Waals surface area (Å²) in [6.45, 7) is 4.89. The van der Waals surface area contributed by atoms with E-state index in [4.69, 9.17) is 14.2 Å². The highest BCUT2D eigenvalue weighted by Gasteiger charge is 2.67. The van der Waals surface area contributed by atoms with Crippen molar-refractivity contribution in [2.24, 2.45) is 34.5 Å². The van der Waals surface area contributed by atoms with Crippen LogP contribution < -0.4 is 4.72 Å². The molecule has 42 heavy (non-hydrogen) atoms. The van der Waals surface area contributed by atoms with E-state index in [0.717, 1.165) is 50.5 Å². The average molecular weight is 614 g/mol. The van der Waals surface area contributed by atoms with E-state index in [0.29, 0.717) is 31.3 Å². The Morgan fingerprint density at radius 3 is 2.45 bits per heavy atom. The first-order valence-corrected chi connectivity index (χ1v) is 17.2. The van der Waals surface area contributed by atoms with E-state index in [1.807, 2.05) is 0 Å². The van der Waals surface area contributed by atoms with Crippen molar-refractivity contribution in [2.45, 2.75) is 114 Å². The van der Waals surface area contributed by atoms with Gasteiger partial charge in [-0.2, -0.15) is 0 Å². The number of ether oxygens (including phenoxy) is 3. The van der Waals surface area contributed by atoms with Gasteiger partial charge in [-0.25, -0.2) is 17.9 Å². The van der Waals surface area contributed by atoms with Crippen LogP contribution in [0.2, 0.25) is 0 Å². The van der Waals surface area contributed by atoms with Gasteiger partial charge in [-0.05, 0) is 92.4 Å². The number of esters is 1. The lowest BCUT2D eigenvalue weighted by Gasteiger charge is -2.63. The summed E-state index contributed by atoms with van der Waals surface area (Å²) in [4.78, 5) is 11.8. The van der Waals surface area contributed by atoms with Crippen molar-refractivity contribution < 1.29 is 47.8 Å². The highest BCUT2D eigenvalue weighted by atomic mass is 32.2. The molecule has 5 N–H and O–H groups in total. The van der Waals surface area contributed by atoms with Crippen LogP contribution in [0.3, 0.4) is 0 Å². The first kappa shape index (κ1) is 30.9. The fourth-order valence-electron chi connectivity index (χ4n) is 10.3. The molecule has 238 valence electrons. The van der Waals surface area contributed by atoms with Gasteiger partial charge in [0.15, 0.2) is 6.29 Å². The molecule has 0 unspecified atom stereocenters. The number of hydrogen-bond donors (Lipinski definition) is 5. The molecule has 11 nitrogen and oxygen atoms in total. The molecule has 2 heterocycles. The molecule has 0 spiro atoms. The summed E-state index contributed by atoms with van der Waals surface area (Å²) in [6.07, 6.45) is 2.10. The number of carbonyl (C=O) groups excluding carboxylic acids is 1. The predicted octanol–water partition coefficient (Wildman–Crippen LogP) is 0.985. The van der Waals surface area contributed by atoms with Gasteiger partial charge >= 0.3 is 5.97 Å². The van der Waals surface area contributed by atoms with Gasteiger partial charge in [0.25, 0.3) is 0 Å². The van der Waals surface area contributed by atoms with Crippen molar-refractivity contribution in [3.63, 3.8) is 0 Å². The zero-order valence-corrected chi connectivity index (χ0v) is 25.6. The number of aliphatic hydroxyl groups excluding tert-OH is 3. The number of nitrogens with one attached hydrogen (secondary N) is 1. The lowest BCUT2D eigenvalue weighted by molar-refractivity contribution is -0.285. The van der Waals surface area contributed by atoms with Crippen LogP contribution in [0.1, 0.15) is 71.6 Å². The molecule has 5 fully saturated rings. The quantitative estimate of drug-likeness (QED) is 0.272. The SMILES string of the molecule is CO[C@@H]1O[C@H](CS(=O)(=O)N[C@H]2CC[C@@]3(C)[C@H](CC[C@H]4[C@@H]3CC[C@]3(C)[C@@H](C5=CC(=O)OC5)CC[C@]43O)C2)[C@H](O)[C@@H](O)[C@@H]1O. The van der Waals surface area contributed by atoms with Crippen LogP contribution in [0.4, 0.5) is 0 Å². The third-order valence-electron chi connectivity index (χ3n) is 12.6. The summed E-state index contributed by atoms with van der Waals surface area (Å²) in [7, 11) is -2.60. The number of rotatable bonds is 6. The Kier molecular flexibility index (Phi) is 7.91. The van der Waals surface area contributed by atoms with E-state index in [9.17, 15) is 33.6 Å². The molecule has 0 aromatic heterocycles. The van der Waals surface area contributed by atoms with E-state index >= 15 is 0 Å². The van der Waals surface area contributed by atoms with Gasteiger partial charge in [0, 0.05) is 24.6 Å². The van der Waals surface area contributed by atoms with Gasteiger partial charge in [-0.3, -0.25) is 0 Å². The number of sulfonamides is 1. The van der Waals surface area contributed by atoms with E-state index < -0.39 is 52.1 Å². The monoisotopic (exact) mass is 613 g/mol. The molecule has 0 amide bonds. The molecule has 6 aliphatic rings. The smallest absolute Gasteiger partial charge is 0.331 e. The van der Waals surface area contributed by atoms with Gasteiger partial charge in [-0.1, -0.05) is 13.8 Å². The molecule has 4 aliphatic carbocycles. The van der Waals surface area contributed by atoms with E-state index in [1.165, 1.54) is 7.11 Å². The predicted molar refractivity (Wildman–Crippen MR) is 150 cm³/mol. The molecule has 0 aromatic rings. The summed E-state index contributed by atoms with van der Waals surface area (Å²) in [5.41, 5.74) is -0.0563. The maximum atomic E-state index is 13.2. The second kappa shape index (κ2) is 10.8. The molecule has 13 atom stereocenters. The average Bonchev–Trinajstić information content (AvgIpc) is 3.48. The maximum absolute atomic E-state index is 13.2. The lowest BCUT2D eigenvalue weighted by atomic mass is 9.43. The van der Waals surface area contributed by atoms with Crippen molar-refractivity contribution >= 4 is 16.0 Å². The van der Waals surface area contributed by atoms with Gasteiger partial charge in [-0.15, -0.1) is 0 Å². The second-order valence-corrected chi connectivity index (χ2v) is 16.2. The third kappa shape index (κ3) is 4.79. The van der Waals surface area contributed by atoms with Crippen molar-refractivity contribution in [2.75, 3.05) is 19.5 Å². The molecule has 4 saturated carbocycles. The van der Waals surface area contributed by atoms with Crippen molar-refractivity contribution in [3.8, 4) is 0 Å². The van der Waals surface area contributed by atoms with Crippen LogP contribution in [0, 0.1) is 34.5 Å².